The van der Waals surface area contributed by atoms with E-state index >= 15 is 0 Å². The van der Waals surface area contributed by atoms with Gasteiger partial charge in [0.1, 0.15) is 0 Å². The third-order valence-electron chi connectivity index (χ3n) is 2.60. The lowest BCUT2D eigenvalue weighted by Gasteiger charge is -2.14. The molecule has 0 fully saturated rings. The molecule has 1 heteroatoms. The van der Waals surface area contributed by atoms with Crippen molar-refractivity contribution < 1.29 is 0 Å². The van der Waals surface area contributed by atoms with E-state index in [1.54, 1.807) is 0 Å². The van der Waals surface area contributed by atoms with Crippen LogP contribution in [-0.4, -0.2) is 6.54 Å². The summed E-state index contributed by atoms with van der Waals surface area (Å²) in [7, 11) is 0. The molecular weight excluding hydrogens is 182 g/mol. The van der Waals surface area contributed by atoms with Gasteiger partial charge in [0.05, 0.1) is 6.04 Å². The first-order chi connectivity index (χ1) is 7.31. The maximum absolute atomic E-state index is 3.87. The Morgan fingerprint density at radius 2 is 1.93 bits per heavy atom. The van der Waals surface area contributed by atoms with Crippen LogP contribution in [0, 0.1) is 0 Å². The summed E-state index contributed by atoms with van der Waals surface area (Å²) in [5.74, 6) is 0. The average molecular weight is 203 g/mol. The van der Waals surface area contributed by atoms with Gasteiger partial charge in [-0.15, -0.1) is 6.58 Å². The van der Waals surface area contributed by atoms with Gasteiger partial charge in [-0.25, -0.2) is 0 Å². The van der Waals surface area contributed by atoms with E-state index in [4.69, 9.17) is 0 Å². The SMILES string of the molecule is C=CC(NCCC)c1ccc(CC)cc1. The molecule has 0 radical (unpaired) electrons. The zero-order valence-corrected chi connectivity index (χ0v) is 9.79. The van der Waals surface area contributed by atoms with Crippen LogP contribution in [0.5, 0.6) is 0 Å². The molecule has 15 heavy (non-hydrogen) atoms. The molecule has 1 rings (SSSR count). The predicted octanol–water partition coefficient (Wildman–Crippen LogP) is 3.48. The van der Waals surface area contributed by atoms with Crippen molar-refractivity contribution in [1.82, 2.24) is 5.32 Å². The second-order valence-corrected chi connectivity index (χ2v) is 3.76. The first kappa shape index (κ1) is 12.0. The zero-order valence-electron chi connectivity index (χ0n) is 9.79. The largest absolute Gasteiger partial charge is 0.307 e. The van der Waals surface area contributed by atoms with Gasteiger partial charge in [-0.05, 0) is 30.5 Å². The van der Waals surface area contributed by atoms with Gasteiger partial charge < -0.3 is 5.32 Å². The van der Waals surface area contributed by atoms with Gasteiger partial charge in [0, 0.05) is 0 Å². The number of nitrogens with one attached hydrogen (secondary N) is 1. The van der Waals surface area contributed by atoms with Gasteiger partial charge in [0.2, 0.25) is 0 Å². The van der Waals surface area contributed by atoms with E-state index in [0.717, 1.165) is 19.4 Å². The van der Waals surface area contributed by atoms with Crippen LogP contribution in [0.4, 0.5) is 0 Å². The summed E-state index contributed by atoms with van der Waals surface area (Å²) in [6.07, 6.45) is 4.22. The van der Waals surface area contributed by atoms with Crippen molar-refractivity contribution in [3.05, 3.63) is 48.0 Å². The van der Waals surface area contributed by atoms with Crippen LogP contribution >= 0.6 is 0 Å². The van der Waals surface area contributed by atoms with E-state index < -0.39 is 0 Å². The Morgan fingerprint density at radius 3 is 2.40 bits per heavy atom. The minimum Gasteiger partial charge on any atom is -0.307 e. The maximum atomic E-state index is 3.87. The minimum atomic E-state index is 0.288. The quantitative estimate of drug-likeness (QED) is 0.698. The molecule has 0 heterocycles. The summed E-state index contributed by atoms with van der Waals surface area (Å²) in [4.78, 5) is 0. The van der Waals surface area contributed by atoms with Gasteiger partial charge in [0.25, 0.3) is 0 Å². The van der Waals surface area contributed by atoms with Crippen LogP contribution in [0.15, 0.2) is 36.9 Å². The van der Waals surface area contributed by atoms with E-state index in [0.29, 0.717) is 0 Å². The molecule has 1 aromatic carbocycles. The monoisotopic (exact) mass is 203 g/mol. The molecule has 1 nitrogen and oxygen atoms in total. The molecule has 0 saturated heterocycles. The molecule has 0 bridgehead atoms. The van der Waals surface area contributed by atoms with Crippen molar-refractivity contribution in [2.45, 2.75) is 32.7 Å². The van der Waals surface area contributed by atoms with Gasteiger partial charge >= 0.3 is 0 Å². The fraction of sp³-hybridized carbons (Fsp3) is 0.429. The summed E-state index contributed by atoms with van der Waals surface area (Å²) >= 11 is 0. The number of aryl methyl sites for hydroxylation is 1. The number of rotatable bonds is 6. The van der Waals surface area contributed by atoms with Crippen LogP contribution in [0.1, 0.15) is 37.4 Å². The second kappa shape index (κ2) is 6.41. The Labute approximate surface area is 93.2 Å². The maximum Gasteiger partial charge on any atom is 0.0503 e. The van der Waals surface area contributed by atoms with Crippen molar-refractivity contribution in [3.8, 4) is 0 Å². The van der Waals surface area contributed by atoms with E-state index in [9.17, 15) is 0 Å². The van der Waals surface area contributed by atoms with Crippen molar-refractivity contribution in [2.75, 3.05) is 6.54 Å². The topological polar surface area (TPSA) is 12.0 Å². The molecule has 1 atom stereocenters. The summed E-state index contributed by atoms with van der Waals surface area (Å²) in [6, 6.07) is 9.05. The molecule has 1 N–H and O–H groups in total. The number of hydrogen-bond acceptors (Lipinski definition) is 1. The molecule has 82 valence electrons. The smallest absolute Gasteiger partial charge is 0.0503 e. The van der Waals surface area contributed by atoms with Gasteiger partial charge in [-0.2, -0.15) is 0 Å². The van der Waals surface area contributed by atoms with Crippen LogP contribution < -0.4 is 5.32 Å². The molecule has 0 aliphatic rings. The Bertz CT molecular complexity index is 287. The van der Waals surface area contributed by atoms with Crippen molar-refractivity contribution in [1.29, 1.82) is 0 Å². The highest BCUT2D eigenvalue weighted by Gasteiger charge is 2.04. The second-order valence-electron chi connectivity index (χ2n) is 3.76. The molecule has 0 aromatic heterocycles. The number of benzene rings is 1. The molecule has 0 saturated carbocycles. The van der Waals surface area contributed by atoms with Crippen molar-refractivity contribution >= 4 is 0 Å². The fourth-order valence-electron chi connectivity index (χ4n) is 1.60. The van der Waals surface area contributed by atoms with E-state index in [2.05, 4.69) is 50.0 Å². The lowest BCUT2D eigenvalue weighted by atomic mass is 10.0. The molecule has 1 aromatic rings. The lowest BCUT2D eigenvalue weighted by molar-refractivity contribution is 0.613. The first-order valence-corrected chi connectivity index (χ1v) is 5.76. The number of hydrogen-bond donors (Lipinski definition) is 1. The Hall–Kier alpha value is -1.08. The summed E-state index contributed by atoms with van der Waals surface area (Å²) in [5, 5.41) is 3.45. The van der Waals surface area contributed by atoms with E-state index in [1.165, 1.54) is 11.1 Å². The minimum absolute atomic E-state index is 0.288. The third-order valence-corrected chi connectivity index (χ3v) is 2.60. The Balaban J connectivity index is 2.69. The normalized spacial score (nSPS) is 12.4. The molecule has 1 unspecified atom stereocenters. The van der Waals surface area contributed by atoms with E-state index in [-0.39, 0.29) is 6.04 Å². The standard InChI is InChI=1S/C14H21N/c1-4-11-15-14(6-3)13-9-7-12(5-2)8-10-13/h6-10,14-15H,3-5,11H2,1-2H3. The summed E-state index contributed by atoms with van der Waals surface area (Å²) < 4.78 is 0. The van der Waals surface area contributed by atoms with Crippen LogP contribution in [0.3, 0.4) is 0 Å². The Kier molecular flexibility index (Phi) is 5.13. The fourth-order valence-corrected chi connectivity index (χ4v) is 1.60. The van der Waals surface area contributed by atoms with Crippen molar-refractivity contribution in [3.63, 3.8) is 0 Å². The third kappa shape index (κ3) is 3.52. The highest BCUT2D eigenvalue weighted by Crippen LogP contribution is 2.15. The molecular formula is C14H21N. The Morgan fingerprint density at radius 1 is 1.27 bits per heavy atom. The van der Waals surface area contributed by atoms with Crippen LogP contribution in [0.25, 0.3) is 0 Å². The first-order valence-electron chi connectivity index (χ1n) is 5.76. The summed E-state index contributed by atoms with van der Waals surface area (Å²) in [6.45, 7) is 9.25. The van der Waals surface area contributed by atoms with Crippen LogP contribution in [-0.2, 0) is 6.42 Å². The van der Waals surface area contributed by atoms with Gasteiger partial charge in [-0.3, -0.25) is 0 Å². The summed E-state index contributed by atoms with van der Waals surface area (Å²) in [5.41, 5.74) is 2.69. The average Bonchev–Trinajstić information content (AvgIpc) is 2.31. The van der Waals surface area contributed by atoms with Crippen molar-refractivity contribution in [2.24, 2.45) is 0 Å². The lowest BCUT2D eigenvalue weighted by Crippen LogP contribution is -2.20. The highest BCUT2D eigenvalue weighted by atomic mass is 14.9. The zero-order chi connectivity index (χ0) is 11.1. The predicted molar refractivity (Wildman–Crippen MR) is 67.1 cm³/mol. The molecule has 0 aliphatic heterocycles. The van der Waals surface area contributed by atoms with Crippen LogP contribution in [0.2, 0.25) is 0 Å². The van der Waals surface area contributed by atoms with E-state index in [1.807, 2.05) is 6.08 Å². The van der Waals surface area contributed by atoms with Gasteiger partial charge in [-0.1, -0.05) is 44.2 Å². The highest BCUT2D eigenvalue weighted by molar-refractivity contribution is 5.27. The molecule has 0 aliphatic carbocycles. The molecule has 0 amide bonds. The van der Waals surface area contributed by atoms with Gasteiger partial charge in [0.15, 0.2) is 0 Å². The molecule has 0 spiro atoms.